The summed E-state index contributed by atoms with van der Waals surface area (Å²) >= 11 is 0. The van der Waals surface area contributed by atoms with Gasteiger partial charge in [0.15, 0.2) is 0 Å². The molecule has 0 bridgehead atoms. The molecular weight excluding hydrogens is 282 g/mol. The third kappa shape index (κ3) is 2.93. The Labute approximate surface area is 131 Å². The van der Waals surface area contributed by atoms with Gasteiger partial charge < -0.3 is 14.4 Å². The molecule has 0 saturated carbocycles. The summed E-state index contributed by atoms with van der Waals surface area (Å²) in [5.41, 5.74) is -0.436. The fourth-order valence-corrected chi connectivity index (χ4v) is 2.91. The van der Waals surface area contributed by atoms with Crippen molar-refractivity contribution in [1.82, 2.24) is 4.90 Å². The Hall–Kier alpha value is -2.04. The Morgan fingerprint density at radius 3 is 2.68 bits per heavy atom. The van der Waals surface area contributed by atoms with E-state index in [4.69, 9.17) is 9.47 Å². The summed E-state index contributed by atoms with van der Waals surface area (Å²) in [5, 5.41) is 0. The molecule has 2 rings (SSSR count). The minimum absolute atomic E-state index is 0.187. The Bertz CT molecular complexity index is 557. The van der Waals surface area contributed by atoms with Crippen molar-refractivity contribution in [2.45, 2.75) is 38.6 Å². The second-order valence-corrected chi connectivity index (χ2v) is 5.61. The number of likely N-dealkylation sites (tertiary alicyclic amines) is 1. The van der Waals surface area contributed by atoms with E-state index in [1.807, 2.05) is 6.07 Å². The molecule has 1 heterocycles. The van der Waals surface area contributed by atoms with Gasteiger partial charge in [0.05, 0.1) is 19.3 Å². The maximum Gasteiger partial charge on any atom is 0.331 e. The highest BCUT2D eigenvalue weighted by molar-refractivity contribution is 6.00. The summed E-state index contributed by atoms with van der Waals surface area (Å²) in [6.45, 7) is 4.42. The number of rotatable bonds is 4. The van der Waals surface area contributed by atoms with Gasteiger partial charge in [-0.2, -0.15) is 0 Å². The lowest BCUT2D eigenvalue weighted by Gasteiger charge is -2.42. The molecular formula is C17H23NO4. The Balaban J connectivity index is 2.35. The van der Waals surface area contributed by atoms with Gasteiger partial charge in [0.1, 0.15) is 11.3 Å². The molecule has 1 aromatic carbocycles. The lowest BCUT2D eigenvalue weighted by atomic mass is 9.87. The number of hydrogen-bond acceptors (Lipinski definition) is 4. The SMILES string of the molecule is CCOC(=O)C1(C)CCCCN1C(=O)c1ccccc1OC. The monoisotopic (exact) mass is 305 g/mol. The zero-order chi connectivity index (χ0) is 16.2. The van der Waals surface area contributed by atoms with Crippen LogP contribution in [0.4, 0.5) is 0 Å². The number of benzene rings is 1. The molecule has 1 unspecified atom stereocenters. The first-order chi connectivity index (χ1) is 10.5. The zero-order valence-electron chi connectivity index (χ0n) is 13.4. The minimum atomic E-state index is -0.911. The fourth-order valence-electron chi connectivity index (χ4n) is 2.91. The summed E-state index contributed by atoms with van der Waals surface area (Å²) < 4.78 is 10.5. The maximum absolute atomic E-state index is 12.9. The zero-order valence-corrected chi connectivity index (χ0v) is 13.4. The number of nitrogens with zero attached hydrogens (tertiary/aromatic N) is 1. The predicted octanol–water partition coefficient (Wildman–Crippen LogP) is 2.64. The molecule has 0 spiro atoms. The molecule has 0 aliphatic carbocycles. The fraction of sp³-hybridized carbons (Fsp3) is 0.529. The van der Waals surface area contributed by atoms with Gasteiger partial charge in [0.2, 0.25) is 0 Å². The molecule has 5 nitrogen and oxygen atoms in total. The van der Waals surface area contributed by atoms with Crippen molar-refractivity contribution in [3.05, 3.63) is 29.8 Å². The number of methoxy groups -OCH3 is 1. The van der Waals surface area contributed by atoms with Crippen molar-refractivity contribution >= 4 is 11.9 Å². The van der Waals surface area contributed by atoms with Gasteiger partial charge in [0, 0.05) is 6.54 Å². The molecule has 1 aliphatic rings. The van der Waals surface area contributed by atoms with E-state index >= 15 is 0 Å². The first-order valence-electron chi connectivity index (χ1n) is 7.66. The van der Waals surface area contributed by atoms with E-state index in [1.165, 1.54) is 7.11 Å². The average molecular weight is 305 g/mol. The minimum Gasteiger partial charge on any atom is -0.496 e. The second kappa shape index (κ2) is 6.81. The van der Waals surface area contributed by atoms with Crippen LogP contribution in [0, 0.1) is 0 Å². The lowest BCUT2D eigenvalue weighted by Crippen LogP contribution is -2.58. The molecule has 22 heavy (non-hydrogen) atoms. The Morgan fingerprint density at radius 1 is 1.27 bits per heavy atom. The van der Waals surface area contributed by atoms with Gasteiger partial charge in [-0.25, -0.2) is 4.79 Å². The summed E-state index contributed by atoms with van der Waals surface area (Å²) in [6.07, 6.45) is 2.41. The summed E-state index contributed by atoms with van der Waals surface area (Å²) in [5.74, 6) is -0.00469. The van der Waals surface area contributed by atoms with Crippen molar-refractivity contribution < 1.29 is 19.1 Å². The van der Waals surface area contributed by atoms with E-state index in [0.29, 0.717) is 30.9 Å². The second-order valence-electron chi connectivity index (χ2n) is 5.61. The van der Waals surface area contributed by atoms with E-state index in [0.717, 1.165) is 12.8 Å². The standard InChI is InChI=1S/C17H23NO4/c1-4-22-16(20)17(2)11-7-8-12-18(17)15(19)13-9-5-6-10-14(13)21-3/h5-6,9-10H,4,7-8,11-12H2,1-3H3. The van der Waals surface area contributed by atoms with Gasteiger partial charge in [0.25, 0.3) is 5.91 Å². The maximum atomic E-state index is 12.9. The quantitative estimate of drug-likeness (QED) is 0.803. The third-order valence-electron chi connectivity index (χ3n) is 4.19. The van der Waals surface area contributed by atoms with Crippen LogP contribution in [0.5, 0.6) is 5.75 Å². The van der Waals surface area contributed by atoms with Crippen LogP contribution in [0.3, 0.4) is 0 Å². The lowest BCUT2D eigenvalue weighted by molar-refractivity contribution is -0.157. The van der Waals surface area contributed by atoms with Crippen LogP contribution in [0.15, 0.2) is 24.3 Å². The van der Waals surface area contributed by atoms with Crippen LogP contribution < -0.4 is 4.74 Å². The van der Waals surface area contributed by atoms with Crippen LogP contribution in [0.1, 0.15) is 43.5 Å². The van der Waals surface area contributed by atoms with Crippen molar-refractivity contribution in [1.29, 1.82) is 0 Å². The number of carbonyl (C=O) groups excluding carboxylic acids is 2. The van der Waals surface area contributed by atoms with E-state index in [2.05, 4.69) is 0 Å². The molecule has 120 valence electrons. The molecule has 1 atom stereocenters. The highest BCUT2D eigenvalue weighted by Gasteiger charge is 2.45. The third-order valence-corrected chi connectivity index (χ3v) is 4.19. The first kappa shape index (κ1) is 16.3. The smallest absolute Gasteiger partial charge is 0.331 e. The highest BCUT2D eigenvalue weighted by atomic mass is 16.5. The van der Waals surface area contributed by atoms with Crippen molar-refractivity contribution in [2.75, 3.05) is 20.3 Å². The Morgan fingerprint density at radius 2 is 2.00 bits per heavy atom. The van der Waals surface area contributed by atoms with Gasteiger partial charge in [-0.1, -0.05) is 12.1 Å². The number of esters is 1. The van der Waals surface area contributed by atoms with Crippen LogP contribution in [0.25, 0.3) is 0 Å². The topological polar surface area (TPSA) is 55.8 Å². The van der Waals surface area contributed by atoms with Gasteiger partial charge >= 0.3 is 5.97 Å². The van der Waals surface area contributed by atoms with Crippen molar-refractivity contribution in [3.8, 4) is 5.75 Å². The molecule has 1 aliphatic heterocycles. The highest BCUT2D eigenvalue weighted by Crippen LogP contribution is 2.32. The number of amides is 1. The molecule has 0 aromatic heterocycles. The van der Waals surface area contributed by atoms with E-state index < -0.39 is 5.54 Å². The number of ether oxygens (including phenoxy) is 2. The van der Waals surface area contributed by atoms with Crippen LogP contribution in [-0.2, 0) is 9.53 Å². The van der Waals surface area contributed by atoms with Gasteiger partial charge in [-0.05, 0) is 45.2 Å². The van der Waals surface area contributed by atoms with Crippen LogP contribution in [0.2, 0.25) is 0 Å². The molecule has 1 aromatic rings. The number of piperidine rings is 1. The van der Waals surface area contributed by atoms with E-state index in [1.54, 1.807) is 36.9 Å². The van der Waals surface area contributed by atoms with Crippen molar-refractivity contribution in [3.63, 3.8) is 0 Å². The average Bonchev–Trinajstić information content (AvgIpc) is 2.54. The molecule has 1 saturated heterocycles. The van der Waals surface area contributed by atoms with E-state index in [-0.39, 0.29) is 11.9 Å². The predicted molar refractivity (Wildman–Crippen MR) is 82.9 cm³/mol. The number of para-hydroxylation sites is 1. The number of hydrogen-bond donors (Lipinski definition) is 0. The van der Waals surface area contributed by atoms with Gasteiger partial charge in [-0.3, -0.25) is 4.79 Å². The van der Waals surface area contributed by atoms with E-state index in [9.17, 15) is 9.59 Å². The molecule has 0 radical (unpaired) electrons. The molecule has 5 heteroatoms. The van der Waals surface area contributed by atoms with Crippen LogP contribution in [-0.4, -0.2) is 42.6 Å². The first-order valence-corrected chi connectivity index (χ1v) is 7.66. The molecule has 1 amide bonds. The normalized spacial score (nSPS) is 21.3. The largest absolute Gasteiger partial charge is 0.496 e. The van der Waals surface area contributed by atoms with Gasteiger partial charge in [-0.15, -0.1) is 0 Å². The summed E-state index contributed by atoms with van der Waals surface area (Å²) in [6, 6.07) is 7.08. The van der Waals surface area contributed by atoms with Crippen LogP contribution >= 0.6 is 0 Å². The molecule has 0 N–H and O–H groups in total. The summed E-state index contributed by atoms with van der Waals surface area (Å²) in [7, 11) is 1.53. The number of carbonyl (C=O) groups is 2. The summed E-state index contributed by atoms with van der Waals surface area (Å²) in [4.78, 5) is 26.9. The van der Waals surface area contributed by atoms with Crippen molar-refractivity contribution in [2.24, 2.45) is 0 Å². The Kier molecular flexibility index (Phi) is 5.06. The molecule has 1 fully saturated rings.